The molecule has 1 unspecified atom stereocenters. The maximum Gasteiger partial charge on any atom is 0.306 e. The molecule has 1 aromatic rings. The van der Waals surface area contributed by atoms with E-state index in [2.05, 4.69) is 9.72 Å². The van der Waals surface area contributed by atoms with E-state index in [-0.39, 0.29) is 17.9 Å². The lowest BCUT2D eigenvalue weighted by Crippen LogP contribution is -2.24. The minimum atomic E-state index is -3.54. The number of hydrogen-bond acceptors (Lipinski definition) is 6. The van der Waals surface area contributed by atoms with Gasteiger partial charge < -0.3 is 4.74 Å². The van der Waals surface area contributed by atoms with Gasteiger partial charge in [0.25, 0.3) is 0 Å². The molecule has 0 aliphatic carbocycles. The Balaban J connectivity index is 2.91. The number of nitriles is 1. The van der Waals surface area contributed by atoms with E-state index in [1.54, 1.807) is 6.07 Å². The van der Waals surface area contributed by atoms with Gasteiger partial charge in [0.1, 0.15) is 11.8 Å². The molecule has 1 rings (SSSR count). The molecule has 0 saturated carbocycles. The molecular weight excluding hydrogens is 268 g/mol. The number of hydrogen-bond donors (Lipinski definition) is 0. The number of carbonyl (C=O) groups is 1. The molecule has 0 bridgehead atoms. The Labute approximate surface area is 111 Å². The molecule has 0 fully saturated rings. The first-order valence-corrected chi connectivity index (χ1v) is 7.24. The third-order valence-corrected chi connectivity index (χ3v) is 4.75. The Morgan fingerprint density at radius 1 is 1.58 bits per heavy atom. The molecule has 0 N–H and O–H groups in total. The van der Waals surface area contributed by atoms with Gasteiger partial charge in [0.2, 0.25) is 0 Å². The first kappa shape index (κ1) is 15.1. The Kier molecular flexibility index (Phi) is 5.01. The fraction of sp³-hybridized carbons (Fsp3) is 0.417. The number of nitrogens with zero attached hydrogens (tertiary/aromatic N) is 2. The molecule has 0 aromatic carbocycles. The quantitative estimate of drug-likeness (QED) is 0.742. The van der Waals surface area contributed by atoms with Crippen molar-refractivity contribution in [2.75, 3.05) is 7.11 Å². The van der Waals surface area contributed by atoms with Gasteiger partial charge in [-0.2, -0.15) is 5.26 Å². The number of carbonyl (C=O) groups excluding carboxylic acids is 1. The van der Waals surface area contributed by atoms with Crippen LogP contribution in [-0.2, 0) is 25.1 Å². The summed E-state index contributed by atoms with van der Waals surface area (Å²) in [5.74, 6) is -0.898. The van der Waals surface area contributed by atoms with Crippen LogP contribution in [0, 0.1) is 11.3 Å². The second kappa shape index (κ2) is 6.29. The van der Waals surface area contributed by atoms with E-state index in [0.717, 1.165) is 0 Å². The zero-order valence-corrected chi connectivity index (χ0v) is 11.5. The molecule has 0 aliphatic heterocycles. The Morgan fingerprint density at radius 2 is 2.26 bits per heavy atom. The summed E-state index contributed by atoms with van der Waals surface area (Å²) in [5.41, 5.74) is 0.415. The number of pyridine rings is 1. The normalized spacial score (nSPS) is 12.5. The van der Waals surface area contributed by atoms with Gasteiger partial charge in [-0.3, -0.25) is 4.79 Å². The van der Waals surface area contributed by atoms with Gasteiger partial charge in [-0.25, -0.2) is 13.4 Å². The van der Waals surface area contributed by atoms with Crippen LogP contribution in [0.15, 0.2) is 18.3 Å². The van der Waals surface area contributed by atoms with Gasteiger partial charge in [-0.15, -0.1) is 0 Å². The van der Waals surface area contributed by atoms with E-state index in [1.807, 2.05) is 6.07 Å². The molecule has 19 heavy (non-hydrogen) atoms. The maximum absolute atomic E-state index is 12.1. The summed E-state index contributed by atoms with van der Waals surface area (Å²) in [6, 6.07) is 4.94. The van der Waals surface area contributed by atoms with Gasteiger partial charge >= 0.3 is 5.97 Å². The summed E-state index contributed by atoms with van der Waals surface area (Å²) in [4.78, 5) is 14.9. The lowest BCUT2D eigenvalue weighted by atomic mass is 10.2. The number of sulfone groups is 1. The first-order chi connectivity index (χ1) is 8.90. The predicted octanol–water partition coefficient (Wildman–Crippen LogP) is 0.820. The molecule has 102 valence electrons. The average molecular weight is 282 g/mol. The summed E-state index contributed by atoms with van der Waals surface area (Å²) >= 11 is 0. The average Bonchev–Trinajstić information content (AvgIpc) is 2.38. The predicted molar refractivity (Wildman–Crippen MR) is 67.7 cm³/mol. The molecule has 0 saturated heterocycles. The topological polar surface area (TPSA) is 97.1 Å². The van der Waals surface area contributed by atoms with Gasteiger partial charge in [0.05, 0.1) is 24.5 Å². The lowest BCUT2D eigenvalue weighted by Gasteiger charge is -2.12. The third kappa shape index (κ3) is 4.03. The van der Waals surface area contributed by atoms with Crippen LogP contribution < -0.4 is 0 Å². The van der Waals surface area contributed by atoms with Crippen molar-refractivity contribution in [3.63, 3.8) is 0 Å². The molecular formula is C12H14N2O4S. The summed E-state index contributed by atoms with van der Waals surface area (Å²) in [7, 11) is -2.34. The van der Waals surface area contributed by atoms with Crippen molar-refractivity contribution in [1.82, 2.24) is 4.98 Å². The van der Waals surface area contributed by atoms with Gasteiger partial charge in [-0.1, -0.05) is 6.07 Å². The Hall–Kier alpha value is -1.94. The van der Waals surface area contributed by atoms with Crippen LogP contribution in [0.3, 0.4) is 0 Å². The van der Waals surface area contributed by atoms with Gasteiger partial charge in [0.15, 0.2) is 9.84 Å². The number of ether oxygens (including phenoxy) is 1. The van der Waals surface area contributed by atoms with Crippen molar-refractivity contribution < 1.29 is 17.9 Å². The lowest BCUT2D eigenvalue weighted by molar-refractivity contribution is -0.140. The van der Waals surface area contributed by atoms with Crippen LogP contribution >= 0.6 is 0 Å². The summed E-state index contributed by atoms with van der Waals surface area (Å²) in [6.07, 6.45) is 1.22. The minimum Gasteiger partial charge on any atom is -0.469 e. The zero-order chi connectivity index (χ0) is 14.5. The molecule has 0 spiro atoms. The molecule has 0 radical (unpaired) electrons. The first-order valence-electron chi connectivity index (χ1n) is 5.53. The third-order valence-electron chi connectivity index (χ3n) is 2.65. The smallest absolute Gasteiger partial charge is 0.306 e. The fourth-order valence-electron chi connectivity index (χ4n) is 1.46. The monoisotopic (exact) mass is 282 g/mol. The van der Waals surface area contributed by atoms with Gasteiger partial charge in [0, 0.05) is 11.8 Å². The highest BCUT2D eigenvalue weighted by Gasteiger charge is 2.25. The van der Waals surface area contributed by atoms with Crippen molar-refractivity contribution in [3.05, 3.63) is 29.6 Å². The van der Waals surface area contributed by atoms with Gasteiger partial charge in [-0.05, 0) is 13.0 Å². The van der Waals surface area contributed by atoms with Crippen molar-refractivity contribution in [2.24, 2.45) is 0 Å². The molecule has 6 nitrogen and oxygen atoms in total. The SMILES string of the molecule is COC(=O)CC(C)S(=O)(=O)Cc1cccnc1C#N. The van der Waals surface area contributed by atoms with E-state index in [9.17, 15) is 13.2 Å². The van der Waals surface area contributed by atoms with Crippen LogP contribution in [0.4, 0.5) is 0 Å². The number of aromatic nitrogens is 1. The van der Waals surface area contributed by atoms with E-state index in [1.165, 1.54) is 26.3 Å². The van der Waals surface area contributed by atoms with Crippen molar-refractivity contribution >= 4 is 15.8 Å². The fourth-order valence-corrected chi connectivity index (χ4v) is 2.80. The highest BCUT2D eigenvalue weighted by Crippen LogP contribution is 2.15. The Morgan fingerprint density at radius 3 is 2.84 bits per heavy atom. The summed E-state index contributed by atoms with van der Waals surface area (Å²) < 4.78 is 28.6. The molecule has 0 aliphatic rings. The van der Waals surface area contributed by atoms with Crippen LogP contribution in [-0.4, -0.2) is 31.7 Å². The minimum absolute atomic E-state index is 0.0799. The summed E-state index contributed by atoms with van der Waals surface area (Å²) in [6.45, 7) is 1.44. The van der Waals surface area contributed by atoms with E-state index >= 15 is 0 Å². The standard InChI is InChI=1S/C12H14N2O4S/c1-9(6-12(15)18-2)19(16,17)8-10-4-3-5-14-11(10)7-13/h3-5,9H,6,8H2,1-2H3. The number of methoxy groups -OCH3 is 1. The van der Waals surface area contributed by atoms with Crippen LogP contribution in [0.1, 0.15) is 24.6 Å². The highest BCUT2D eigenvalue weighted by atomic mass is 32.2. The van der Waals surface area contributed by atoms with Crippen LogP contribution in [0.2, 0.25) is 0 Å². The van der Waals surface area contributed by atoms with Crippen molar-refractivity contribution in [3.8, 4) is 6.07 Å². The van der Waals surface area contributed by atoms with Crippen molar-refractivity contribution in [2.45, 2.75) is 24.3 Å². The molecule has 0 amide bonds. The van der Waals surface area contributed by atoms with E-state index < -0.39 is 21.1 Å². The zero-order valence-electron chi connectivity index (χ0n) is 10.7. The van der Waals surface area contributed by atoms with E-state index in [4.69, 9.17) is 5.26 Å². The van der Waals surface area contributed by atoms with Crippen LogP contribution in [0.5, 0.6) is 0 Å². The largest absolute Gasteiger partial charge is 0.469 e. The summed E-state index contributed by atoms with van der Waals surface area (Å²) in [5, 5.41) is 7.99. The second-order valence-corrected chi connectivity index (χ2v) is 6.44. The maximum atomic E-state index is 12.1. The number of rotatable bonds is 5. The molecule has 1 atom stereocenters. The van der Waals surface area contributed by atoms with E-state index in [0.29, 0.717) is 5.56 Å². The second-order valence-electron chi connectivity index (χ2n) is 4.02. The highest BCUT2D eigenvalue weighted by molar-refractivity contribution is 7.91. The molecule has 1 heterocycles. The Bertz CT molecular complexity index is 604. The van der Waals surface area contributed by atoms with Crippen LogP contribution in [0.25, 0.3) is 0 Å². The molecule has 7 heteroatoms. The van der Waals surface area contributed by atoms with Crippen molar-refractivity contribution in [1.29, 1.82) is 5.26 Å². The molecule has 1 aromatic heterocycles. The number of esters is 1.